The van der Waals surface area contributed by atoms with Gasteiger partial charge in [0.1, 0.15) is 17.5 Å². The highest BCUT2D eigenvalue weighted by Gasteiger charge is 2.46. The van der Waals surface area contributed by atoms with Crippen LogP contribution in [0, 0.1) is 12.3 Å². The van der Waals surface area contributed by atoms with E-state index in [1.54, 1.807) is 6.07 Å². The summed E-state index contributed by atoms with van der Waals surface area (Å²) in [7, 11) is 0. The van der Waals surface area contributed by atoms with E-state index in [1.807, 2.05) is 19.1 Å². The maximum absolute atomic E-state index is 12.6. The van der Waals surface area contributed by atoms with Crippen LogP contribution in [0.5, 0.6) is 0 Å². The van der Waals surface area contributed by atoms with Crippen molar-refractivity contribution in [1.29, 1.82) is 0 Å². The summed E-state index contributed by atoms with van der Waals surface area (Å²) in [4.78, 5) is 25.2. The van der Waals surface area contributed by atoms with Gasteiger partial charge >= 0.3 is 0 Å². The van der Waals surface area contributed by atoms with E-state index in [0.29, 0.717) is 31.1 Å². The molecule has 112 valence electrons. The zero-order chi connectivity index (χ0) is 15.0. The Labute approximate surface area is 129 Å². The van der Waals surface area contributed by atoms with Gasteiger partial charge in [-0.15, -0.1) is 0 Å². The van der Waals surface area contributed by atoms with Gasteiger partial charge in [-0.2, -0.15) is 0 Å². The molecule has 1 aromatic rings. The number of aryl methyl sites for hydroxylation is 1. The normalized spacial score (nSPS) is 22.8. The highest BCUT2D eigenvalue weighted by atomic mass is 35.5. The topological polar surface area (TPSA) is 43.4 Å². The molecule has 0 atom stereocenters. The molecule has 0 amide bonds. The monoisotopic (exact) mass is 306 g/mol. The standard InChI is InChI=1S/C17H19ClO3/c1-11-8-12(18)2-3-13(11)16-14(19)9-17(10-15(16)20)4-6-21-7-5-17/h2-3,8,16H,4-7,9-10H2,1H3. The Kier molecular flexibility index (Phi) is 3.89. The molecule has 3 rings (SSSR count). The Balaban J connectivity index is 1.88. The van der Waals surface area contributed by atoms with E-state index >= 15 is 0 Å². The summed E-state index contributed by atoms with van der Waals surface area (Å²) >= 11 is 5.96. The number of ketones is 2. The Bertz CT molecular complexity index is 568. The van der Waals surface area contributed by atoms with Gasteiger partial charge in [-0.25, -0.2) is 0 Å². The fourth-order valence-electron chi connectivity index (χ4n) is 3.65. The summed E-state index contributed by atoms with van der Waals surface area (Å²) in [5.74, 6) is -0.493. The fraction of sp³-hybridized carbons (Fsp3) is 0.529. The molecule has 4 heteroatoms. The van der Waals surface area contributed by atoms with Crippen LogP contribution < -0.4 is 0 Å². The van der Waals surface area contributed by atoms with Crippen LogP contribution in [0.3, 0.4) is 0 Å². The third-order valence-electron chi connectivity index (χ3n) is 4.84. The van der Waals surface area contributed by atoms with Crippen LogP contribution in [0.15, 0.2) is 18.2 Å². The first kappa shape index (κ1) is 14.7. The average molecular weight is 307 g/mol. The molecule has 21 heavy (non-hydrogen) atoms. The van der Waals surface area contributed by atoms with Gasteiger partial charge in [0.15, 0.2) is 0 Å². The maximum Gasteiger partial charge on any atom is 0.148 e. The van der Waals surface area contributed by atoms with Gasteiger partial charge in [0.2, 0.25) is 0 Å². The SMILES string of the molecule is Cc1cc(Cl)ccc1C1C(=O)CC2(CCOCC2)CC1=O. The second kappa shape index (κ2) is 5.54. The predicted octanol–water partition coefficient (Wildman–Crippen LogP) is 3.46. The first-order chi connectivity index (χ1) is 10.0. The second-order valence-corrected chi connectivity index (χ2v) is 6.77. The number of carbonyl (C=O) groups is 2. The lowest BCUT2D eigenvalue weighted by Crippen LogP contribution is -2.42. The van der Waals surface area contributed by atoms with Crippen molar-refractivity contribution >= 4 is 23.2 Å². The van der Waals surface area contributed by atoms with Crippen molar-refractivity contribution in [2.45, 2.75) is 38.5 Å². The van der Waals surface area contributed by atoms with Crippen LogP contribution in [-0.2, 0) is 14.3 Å². The molecule has 1 aliphatic heterocycles. The zero-order valence-electron chi connectivity index (χ0n) is 12.2. The number of Topliss-reactive ketones (excluding diaryl/α,β-unsaturated/α-hetero) is 2. The third-order valence-corrected chi connectivity index (χ3v) is 5.07. The summed E-state index contributed by atoms with van der Waals surface area (Å²) in [5.41, 5.74) is 1.58. The second-order valence-electron chi connectivity index (χ2n) is 6.33. The van der Waals surface area contributed by atoms with Gasteiger partial charge in [-0.1, -0.05) is 17.7 Å². The molecule has 0 bridgehead atoms. The van der Waals surface area contributed by atoms with Gasteiger partial charge in [0, 0.05) is 31.1 Å². The minimum atomic E-state index is -0.601. The number of carbonyl (C=O) groups excluding carboxylic acids is 2. The molecule has 1 saturated heterocycles. The van der Waals surface area contributed by atoms with Crippen molar-refractivity contribution in [3.05, 3.63) is 34.3 Å². The minimum absolute atomic E-state index is 0.0542. The Morgan fingerprint density at radius 2 is 1.76 bits per heavy atom. The quantitative estimate of drug-likeness (QED) is 0.746. The average Bonchev–Trinajstić information content (AvgIpc) is 2.41. The summed E-state index contributed by atoms with van der Waals surface area (Å²) in [5, 5.41) is 0.632. The molecule has 1 aromatic carbocycles. The lowest BCUT2D eigenvalue weighted by atomic mass is 9.64. The summed E-state index contributed by atoms with van der Waals surface area (Å²) in [6.45, 7) is 3.22. The predicted molar refractivity (Wildman–Crippen MR) is 80.7 cm³/mol. The summed E-state index contributed by atoms with van der Waals surface area (Å²) in [6, 6.07) is 5.39. The van der Waals surface area contributed by atoms with Crippen molar-refractivity contribution in [3.63, 3.8) is 0 Å². The number of ether oxygens (including phenoxy) is 1. The van der Waals surface area contributed by atoms with E-state index in [1.165, 1.54) is 0 Å². The molecular formula is C17H19ClO3. The van der Waals surface area contributed by atoms with E-state index < -0.39 is 5.92 Å². The molecule has 1 heterocycles. The van der Waals surface area contributed by atoms with E-state index in [0.717, 1.165) is 24.0 Å². The van der Waals surface area contributed by atoms with Crippen molar-refractivity contribution in [2.24, 2.45) is 5.41 Å². The van der Waals surface area contributed by atoms with E-state index in [-0.39, 0.29) is 17.0 Å². The van der Waals surface area contributed by atoms with Gasteiger partial charge < -0.3 is 4.74 Å². The number of benzene rings is 1. The summed E-state index contributed by atoms with van der Waals surface area (Å²) in [6.07, 6.45) is 2.62. The van der Waals surface area contributed by atoms with Gasteiger partial charge in [-0.05, 0) is 48.4 Å². The minimum Gasteiger partial charge on any atom is -0.381 e. The van der Waals surface area contributed by atoms with Crippen LogP contribution in [0.2, 0.25) is 5.02 Å². The van der Waals surface area contributed by atoms with Gasteiger partial charge in [0.25, 0.3) is 0 Å². The lowest BCUT2D eigenvalue weighted by Gasteiger charge is -2.41. The molecule has 1 spiro atoms. The van der Waals surface area contributed by atoms with Gasteiger partial charge in [-0.3, -0.25) is 9.59 Å². The summed E-state index contributed by atoms with van der Waals surface area (Å²) < 4.78 is 5.37. The number of hydrogen-bond acceptors (Lipinski definition) is 3. The third kappa shape index (κ3) is 2.77. The Hall–Kier alpha value is -1.19. The molecule has 1 saturated carbocycles. The fourth-order valence-corrected chi connectivity index (χ4v) is 3.88. The highest BCUT2D eigenvalue weighted by molar-refractivity contribution is 6.30. The highest BCUT2D eigenvalue weighted by Crippen LogP contribution is 2.45. The van der Waals surface area contributed by atoms with Crippen LogP contribution in [0.1, 0.15) is 42.7 Å². The van der Waals surface area contributed by atoms with E-state index in [2.05, 4.69) is 0 Å². The molecule has 0 radical (unpaired) electrons. The molecule has 0 N–H and O–H groups in total. The molecule has 1 aliphatic carbocycles. The number of halogens is 1. The first-order valence-corrected chi connectivity index (χ1v) is 7.78. The van der Waals surface area contributed by atoms with Crippen molar-refractivity contribution in [1.82, 2.24) is 0 Å². The number of rotatable bonds is 1. The molecule has 3 nitrogen and oxygen atoms in total. The van der Waals surface area contributed by atoms with E-state index in [4.69, 9.17) is 16.3 Å². The van der Waals surface area contributed by atoms with Crippen molar-refractivity contribution in [3.8, 4) is 0 Å². The van der Waals surface area contributed by atoms with E-state index in [9.17, 15) is 9.59 Å². The van der Waals surface area contributed by atoms with Crippen molar-refractivity contribution < 1.29 is 14.3 Å². The van der Waals surface area contributed by atoms with Crippen LogP contribution in [0.25, 0.3) is 0 Å². The Morgan fingerprint density at radius 1 is 1.14 bits per heavy atom. The Morgan fingerprint density at radius 3 is 2.33 bits per heavy atom. The van der Waals surface area contributed by atoms with Crippen LogP contribution in [-0.4, -0.2) is 24.8 Å². The molecule has 2 aliphatic rings. The zero-order valence-corrected chi connectivity index (χ0v) is 12.9. The molecular weight excluding hydrogens is 288 g/mol. The molecule has 0 unspecified atom stereocenters. The first-order valence-electron chi connectivity index (χ1n) is 7.40. The largest absolute Gasteiger partial charge is 0.381 e. The maximum atomic E-state index is 12.6. The lowest BCUT2D eigenvalue weighted by molar-refractivity contribution is -0.139. The smallest absolute Gasteiger partial charge is 0.148 e. The molecule has 2 fully saturated rings. The van der Waals surface area contributed by atoms with Crippen molar-refractivity contribution in [2.75, 3.05) is 13.2 Å². The van der Waals surface area contributed by atoms with Crippen LogP contribution >= 0.6 is 11.6 Å². The number of hydrogen-bond donors (Lipinski definition) is 0. The molecule has 0 aromatic heterocycles. The van der Waals surface area contributed by atoms with Gasteiger partial charge in [0.05, 0.1) is 0 Å². The van der Waals surface area contributed by atoms with Crippen LogP contribution in [0.4, 0.5) is 0 Å².